The van der Waals surface area contributed by atoms with Crippen molar-refractivity contribution in [3.8, 4) is 0 Å². The summed E-state index contributed by atoms with van der Waals surface area (Å²) in [4.78, 5) is 24.3. The summed E-state index contributed by atoms with van der Waals surface area (Å²) in [5.74, 6) is 0.292. The van der Waals surface area contributed by atoms with Gasteiger partial charge in [0.2, 0.25) is 5.91 Å². The van der Waals surface area contributed by atoms with Gasteiger partial charge in [0.1, 0.15) is 0 Å². The molecule has 1 fully saturated rings. The summed E-state index contributed by atoms with van der Waals surface area (Å²) in [7, 11) is 0. The number of rotatable bonds is 4. The summed E-state index contributed by atoms with van der Waals surface area (Å²) >= 11 is 0. The van der Waals surface area contributed by atoms with E-state index in [1.54, 1.807) is 4.90 Å². The summed E-state index contributed by atoms with van der Waals surface area (Å²) in [6.07, 6.45) is 2.61. The van der Waals surface area contributed by atoms with Gasteiger partial charge in [-0.25, -0.2) is 4.79 Å². The van der Waals surface area contributed by atoms with Crippen molar-refractivity contribution in [3.63, 3.8) is 0 Å². The van der Waals surface area contributed by atoms with Crippen molar-refractivity contribution in [1.29, 1.82) is 0 Å². The lowest BCUT2D eigenvalue weighted by Gasteiger charge is -2.34. The van der Waals surface area contributed by atoms with Gasteiger partial charge in [0.15, 0.2) is 0 Å². The molecule has 0 aromatic heterocycles. The van der Waals surface area contributed by atoms with E-state index >= 15 is 0 Å². The molecular formula is C11H22N4O2. The van der Waals surface area contributed by atoms with E-state index in [0.717, 1.165) is 19.4 Å². The first-order chi connectivity index (χ1) is 8.04. The number of likely N-dealkylation sites (tertiary alicyclic amines) is 1. The number of urea groups is 1. The molecule has 17 heavy (non-hydrogen) atoms. The van der Waals surface area contributed by atoms with Crippen molar-refractivity contribution >= 4 is 11.9 Å². The van der Waals surface area contributed by atoms with Gasteiger partial charge >= 0.3 is 6.03 Å². The summed E-state index contributed by atoms with van der Waals surface area (Å²) in [5, 5.41) is 2.59. The Morgan fingerprint density at radius 3 is 2.82 bits per heavy atom. The highest BCUT2D eigenvalue weighted by Gasteiger charge is 2.26. The number of nitrogens with two attached hydrogens (primary N) is 2. The lowest BCUT2D eigenvalue weighted by Crippen LogP contribution is -2.49. The lowest BCUT2D eigenvalue weighted by atomic mass is 9.97. The number of carbonyl (C=O) groups excluding carboxylic acids is 2. The number of piperidine rings is 1. The van der Waals surface area contributed by atoms with Gasteiger partial charge in [-0.2, -0.15) is 0 Å². The van der Waals surface area contributed by atoms with Gasteiger partial charge < -0.3 is 21.7 Å². The zero-order valence-electron chi connectivity index (χ0n) is 10.3. The maximum absolute atomic E-state index is 11.9. The molecular weight excluding hydrogens is 220 g/mol. The van der Waals surface area contributed by atoms with E-state index in [9.17, 15) is 9.59 Å². The third kappa shape index (κ3) is 4.22. The average Bonchev–Trinajstić information content (AvgIpc) is 2.34. The van der Waals surface area contributed by atoms with E-state index in [4.69, 9.17) is 11.5 Å². The van der Waals surface area contributed by atoms with E-state index in [1.807, 2.05) is 6.92 Å². The van der Waals surface area contributed by atoms with Crippen molar-refractivity contribution in [1.82, 2.24) is 10.2 Å². The monoisotopic (exact) mass is 242 g/mol. The van der Waals surface area contributed by atoms with Gasteiger partial charge in [-0.15, -0.1) is 0 Å². The van der Waals surface area contributed by atoms with E-state index in [-0.39, 0.29) is 11.8 Å². The van der Waals surface area contributed by atoms with E-state index in [1.165, 1.54) is 0 Å². The van der Waals surface area contributed by atoms with E-state index < -0.39 is 12.1 Å². The minimum atomic E-state index is -0.515. The third-order valence-electron chi connectivity index (χ3n) is 3.15. The van der Waals surface area contributed by atoms with Crippen LogP contribution in [0, 0.1) is 5.92 Å². The number of nitrogens with one attached hydrogen (secondary N) is 1. The summed E-state index contributed by atoms with van der Waals surface area (Å²) < 4.78 is 0. The number of primary amides is 1. The first-order valence-corrected chi connectivity index (χ1v) is 6.12. The zero-order valence-corrected chi connectivity index (χ0v) is 10.3. The van der Waals surface area contributed by atoms with Crippen LogP contribution in [-0.2, 0) is 4.79 Å². The van der Waals surface area contributed by atoms with Gasteiger partial charge in [0.05, 0.1) is 6.04 Å². The minimum Gasteiger partial charge on any atom is -0.352 e. The molecule has 6 heteroatoms. The first-order valence-electron chi connectivity index (χ1n) is 6.12. The summed E-state index contributed by atoms with van der Waals surface area (Å²) in [6, 6.07) is -0.920. The molecule has 1 heterocycles. The topological polar surface area (TPSA) is 101 Å². The van der Waals surface area contributed by atoms with Crippen molar-refractivity contribution < 1.29 is 9.59 Å². The molecule has 1 aliphatic rings. The molecule has 0 aliphatic carbocycles. The average molecular weight is 242 g/mol. The molecule has 2 atom stereocenters. The van der Waals surface area contributed by atoms with Gasteiger partial charge in [-0.05, 0) is 25.2 Å². The highest BCUT2D eigenvalue weighted by molar-refractivity contribution is 5.81. The van der Waals surface area contributed by atoms with Crippen molar-refractivity contribution in [2.24, 2.45) is 17.4 Å². The molecule has 1 unspecified atom stereocenters. The second-order valence-electron chi connectivity index (χ2n) is 4.55. The van der Waals surface area contributed by atoms with Gasteiger partial charge in [-0.3, -0.25) is 4.79 Å². The summed E-state index contributed by atoms with van der Waals surface area (Å²) in [5.41, 5.74) is 10.8. The first kappa shape index (κ1) is 13.8. The maximum Gasteiger partial charge on any atom is 0.312 e. The molecule has 0 radical (unpaired) electrons. The Kier molecular flexibility index (Phi) is 5.21. The number of hydrogen-bond donors (Lipinski definition) is 3. The van der Waals surface area contributed by atoms with Crippen LogP contribution in [0.4, 0.5) is 4.79 Å². The standard InChI is InChI=1S/C11H22N4O2/c1-2-9(12)10(16)15-5-3-4-8(7-15)6-14-11(13)17/h8-9H,2-7,12H2,1H3,(H3,13,14,17)/t8?,9-/m0/s1. The highest BCUT2D eigenvalue weighted by atomic mass is 16.2. The van der Waals surface area contributed by atoms with Crippen LogP contribution in [0.2, 0.25) is 0 Å². The molecule has 0 aromatic carbocycles. The van der Waals surface area contributed by atoms with Gasteiger partial charge in [0, 0.05) is 19.6 Å². The molecule has 3 amide bonds. The molecule has 98 valence electrons. The quantitative estimate of drug-likeness (QED) is 0.627. The van der Waals surface area contributed by atoms with Crippen LogP contribution in [0.3, 0.4) is 0 Å². The van der Waals surface area contributed by atoms with Crippen LogP contribution >= 0.6 is 0 Å². The fraction of sp³-hybridized carbons (Fsp3) is 0.818. The number of hydrogen-bond acceptors (Lipinski definition) is 3. The van der Waals surface area contributed by atoms with Crippen molar-refractivity contribution in [3.05, 3.63) is 0 Å². The SMILES string of the molecule is CC[C@H](N)C(=O)N1CCCC(CNC(N)=O)C1. The van der Waals surface area contributed by atoms with Crippen molar-refractivity contribution in [2.75, 3.05) is 19.6 Å². The molecule has 0 aromatic rings. The Labute approximate surface area is 102 Å². The fourth-order valence-electron chi connectivity index (χ4n) is 2.09. The molecule has 6 nitrogen and oxygen atoms in total. The van der Waals surface area contributed by atoms with E-state index in [0.29, 0.717) is 19.5 Å². The van der Waals surface area contributed by atoms with Crippen molar-refractivity contribution in [2.45, 2.75) is 32.2 Å². The molecule has 5 N–H and O–H groups in total. The third-order valence-corrected chi connectivity index (χ3v) is 3.15. The van der Waals surface area contributed by atoms with Crippen LogP contribution in [0.5, 0.6) is 0 Å². The molecule has 1 saturated heterocycles. The highest BCUT2D eigenvalue weighted by Crippen LogP contribution is 2.16. The second kappa shape index (κ2) is 6.44. The molecule has 1 rings (SSSR count). The van der Waals surface area contributed by atoms with Gasteiger partial charge in [0.25, 0.3) is 0 Å². The normalized spacial score (nSPS) is 22.0. The predicted molar refractivity (Wildman–Crippen MR) is 65.2 cm³/mol. The number of nitrogens with zero attached hydrogens (tertiary/aromatic N) is 1. The zero-order chi connectivity index (χ0) is 12.8. The Morgan fingerprint density at radius 1 is 1.53 bits per heavy atom. The van der Waals surface area contributed by atoms with E-state index in [2.05, 4.69) is 5.32 Å². The Bertz CT molecular complexity index is 283. The Balaban J connectivity index is 2.43. The minimum absolute atomic E-state index is 0.0104. The van der Waals surface area contributed by atoms with Gasteiger partial charge in [-0.1, -0.05) is 6.92 Å². The molecule has 1 aliphatic heterocycles. The second-order valence-corrected chi connectivity index (χ2v) is 4.55. The van der Waals surface area contributed by atoms with Crippen LogP contribution in [0.1, 0.15) is 26.2 Å². The number of amides is 3. The predicted octanol–water partition coefficient (Wildman–Crippen LogP) is -0.369. The van der Waals surface area contributed by atoms with Crippen LogP contribution in [-0.4, -0.2) is 42.5 Å². The summed E-state index contributed by atoms with van der Waals surface area (Å²) in [6.45, 7) is 3.85. The van der Waals surface area contributed by atoms with Crippen LogP contribution in [0.15, 0.2) is 0 Å². The number of carbonyl (C=O) groups is 2. The fourth-order valence-corrected chi connectivity index (χ4v) is 2.09. The Hall–Kier alpha value is -1.30. The molecule has 0 spiro atoms. The molecule has 0 bridgehead atoms. The Morgan fingerprint density at radius 2 is 2.24 bits per heavy atom. The smallest absolute Gasteiger partial charge is 0.312 e. The largest absolute Gasteiger partial charge is 0.352 e. The maximum atomic E-state index is 11.9. The van der Waals surface area contributed by atoms with Crippen LogP contribution in [0.25, 0.3) is 0 Å². The molecule has 0 saturated carbocycles. The lowest BCUT2D eigenvalue weighted by molar-refractivity contribution is -0.134. The van der Waals surface area contributed by atoms with Crippen LogP contribution < -0.4 is 16.8 Å².